The van der Waals surface area contributed by atoms with E-state index >= 15 is 0 Å². The summed E-state index contributed by atoms with van der Waals surface area (Å²) in [5.74, 6) is -0.194. The Hall–Kier alpha value is -3.31. The molecule has 0 aliphatic carbocycles. The van der Waals surface area contributed by atoms with Crippen LogP contribution in [0.5, 0.6) is 0 Å². The summed E-state index contributed by atoms with van der Waals surface area (Å²) < 4.78 is 3.69. The molecule has 0 spiro atoms. The van der Waals surface area contributed by atoms with E-state index in [9.17, 15) is 9.59 Å². The highest BCUT2D eigenvalue weighted by Crippen LogP contribution is 2.16. The first kappa shape index (κ1) is 20.0. The van der Waals surface area contributed by atoms with Crippen molar-refractivity contribution in [1.82, 2.24) is 14.5 Å². The largest absolute Gasteiger partial charge is 0.352 e. The summed E-state index contributed by atoms with van der Waals surface area (Å²) in [5, 5.41) is 4.74. The molecular formula is C24H22ClN3O2. The van der Waals surface area contributed by atoms with Crippen molar-refractivity contribution in [3.63, 3.8) is 0 Å². The maximum absolute atomic E-state index is 12.5. The molecular weight excluding hydrogens is 398 g/mol. The van der Waals surface area contributed by atoms with Crippen molar-refractivity contribution in [2.24, 2.45) is 0 Å². The maximum Gasteiger partial charge on any atom is 0.252 e. The number of halogens is 1. The molecule has 0 atom stereocenters. The Morgan fingerprint density at radius 2 is 1.73 bits per heavy atom. The zero-order chi connectivity index (χ0) is 20.9. The zero-order valence-electron chi connectivity index (χ0n) is 16.4. The van der Waals surface area contributed by atoms with E-state index in [1.807, 2.05) is 30.3 Å². The molecule has 1 N–H and O–H groups in total. The molecule has 0 radical (unpaired) electrons. The predicted octanol–water partition coefficient (Wildman–Crippen LogP) is 4.32. The third kappa shape index (κ3) is 4.47. The van der Waals surface area contributed by atoms with Crippen molar-refractivity contribution in [1.29, 1.82) is 0 Å². The normalized spacial score (nSPS) is 11.0. The van der Waals surface area contributed by atoms with Crippen LogP contribution in [0.1, 0.15) is 22.3 Å². The van der Waals surface area contributed by atoms with Gasteiger partial charge in [0.25, 0.3) is 11.5 Å². The van der Waals surface area contributed by atoms with Crippen LogP contribution >= 0.6 is 11.6 Å². The molecule has 4 aromatic rings. The monoisotopic (exact) mass is 419 g/mol. The smallest absolute Gasteiger partial charge is 0.252 e. The molecule has 1 amide bonds. The van der Waals surface area contributed by atoms with Crippen molar-refractivity contribution >= 4 is 28.4 Å². The molecule has 0 bridgehead atoms. The minimum Gasteiger partial charge on any atom is -0.352 e. The van der Waals surface area contributed by atoms with Gasteiger partial charge in [0, 0.05) is 42.1 Å². The summed E-state index contributed by atoms with van der Waals surface area (Å²) in [7, 11) is 0. The third-order valence-corrected chi connectivity index (χ3v) is 5.45. The van der Waals surface area contributed by atoms with Gasteiger partial charge in [-0.15, -0.1) is 0 Å². The lowest BCUT2D eigenvalue weighted by molar-refractivity contribution is 0.0952. The first-order valence-corrected chi connectivity index (χ1v) is 10.3. The van der Waals surface area contributed by atoms with Gasteiger partial charge in [-0.05, 0) is 41.6 Å². The van der Waals surface area contributed by atoms with E-state index in [-0.39, 0.29) is 11.5 Å². The molecule has 2 aromatic carbocycles. The van der Waals surface area contributed by atoms with E-state index in [4.69, 9.17) is 11.6 Å². The Labute approximate surface area is 179 Å². The summed E-state index contributed by atoms with van der Waals surface area (Å²) >= 11 is 6.20. The van der Waals surface area contributed by atoms with Crippen LogP contribution in [-0.4, -0.2) is 21.6 Å². The number of benzene rings is 2. The molecule has 0 aliphatic rings. The highest BCUT2D eigenvalue weighted by atomic mass is 35.5. The zero-order valence-corrected chi connectivity index (χ0v) is 17.2. The fourth-order valence-electron chi connectivity index (χ4n) is 3.49. The lowest BCUT2D eigenvalue weighted by Gasteiger charge is -2.10. The molecule has 0 saturated carbocycles. The summed E-state index contributed by atoms with van der Waals surface area (Å²) in [6, 6.07) is 20.7. The molecule has 0 fully saturated rings. The van der Waals surface area contributed by atoms with Gasteiger partial charge in [0.2, 0.25) is 0 Å². The van der Waals surface area contributed by atoms with Gasteiger partial charge in [0.05, 0.1) is 12.1 Å². The molecule has 2 heterocycles. The highest BCUT2D eigenvalue weighted by molar-refractivity contribution is 6.31. The standard InChI is InChI=1S/C24H22ClN3O2/c25-21-8-3-1-7-19(21)16-28-17-20(10-11-23(28)29)24(30)26-13-5-14-27-15-12-18-6-2-4-9-22(18)27/h1-4,6-12,15,17H,5,13-14,16H2,(H,26,30). The van der Waals surface area contributed by atoms with Crippen LogP contribution in [0, 0.1) is 0 Å². The quantitative estimate of drug-likeness (QED) is 0.453. The van der Waals surface area contributed by atoms with E-state index < -0.39 is 0 Å². The number of carbonyl (C=O) groups is 1. The number of fused-ring (bicyclic) bond motifs is 1. The lowest BCUT2D eigenvalue weighted by atomic mass is 10.2. The van der Waals surface area contributed by atoms with Crippen LogP contribution < -0.4 is 10.9 Å². The molecule has 0 saturated heterocycles. The minimum absolute atomic E-state index is 0.175. The van der Waals surface area contributed by atoms with Gasteiger partial charge in [0.1, 0.15) is 0 Å². The van der Waals surface area contributed by atoms with Crippen molar-refractivity contribution in [3.05, 3.63) is 106 Å². The molecule has 4 rings (SSSR count). The van der Waals surface area contributed by atoms with E-state index in [2.05, 4.69) is 34.3 Å². The number of carbonyl (C=O) groups excluding carboxylic acids is 1. The number of para-hydroxylation sites is 1. The van der Waals surface area contributed by atoms with Gasteiger partial charge >= 0.3 is 0 Å². The van der Waals surface area contributed by atoms with Gasteiger partial charge in [-0.2, -0.15) is 0 Å². The summed E-state index contributed by atoms with van der Waals surface area (Å²) in [6.07, 6.45) is 4.46. The van der Waals surface area contributed by atoms with Crippen molar-refractivity contribution < 1.29 is 4.79 Å². The Morgan fingerprint density at radius 3 is 2.60 bits per heavy atom. The third-order valence-electron chi connectivity index (χ3n) is 5.09. The second kappa shape index (κ2) is 9.01. The van der Waals surface area contributed by atoms with Crippen molar-refractivity contribution in [2.45, 2.75) is 19.5 Å². The van der Waals surface area contributed by atoms with Crippen molar-refractivity contribution in [3.8, 4) is 0 Å². The lowest BCUT2D eigenvalue weighted by Crippen LogP contribution is -2.28. The Kier molecular flexibility index (Phi) is 6.00. The number of aryl methyl sites for hydroxylation is 1. The number of aromatic nitrogens is 2. The Morgan fingerprint density at radius 1 is 0.933 bits per heavy atom. The van der Waals surface area contributed by atoms with Gasteiger partial charge < -0.3 is 14.5 Å². The number of hydrogen-bond acceptors (Lipinski definition) is 2. The molecule has 30 heavy (non-hydrogen) atoms. The minimum atomic E-state index is -0.194. The highest BCUT2D eigenvalue weighted by Gasteiger charge is 2.09. The van der Waals surface area contributed by atoms with Gasteiger partial charge in [0.15, 0.2) is 0 Å². The number of nitrogens with zero attached hydrogens (tertiary/aromatic N) is 2. The van der Waals surface area contributed by atoms with Gasteiger partial charge in [-0.25, -0.2) is 0 Å². The molecule has 2 aromatic heterocycles. The van der Waals surface area contributed by atoms with Crippen LogP contribution in [0.3, 0.4) is 0 Å². The number of nitrogens with one attached hydrogen (secondary N) is 1. The first-order chi connectivity index (χ1) is 14.6. The fourth-order valence-corrected chi connectivity index (χ4v) is 3.68. The number of pyridine rings is 1. The van der Waals surface area contributed by atoms with Crippen LogP contribution in [0.2, 0.25) is 5.02 Å². The molecule has 152 valence electrons. The van der Waals surface area contributed by atoms with Crippen LogP contribution in [-0.2, 0) is 13.1 Å². The second-order valence-electron chi connectivity index (χ2n) is 7.15. The van der Waals surface area contributed by atoms with E-state index in [1.54, 1.807) is 18.3 Å². The Bertz CT molecular complexity index is 1240. The number of rotatable bonds is 7. The predicted molar refractivity (Wildman–Crippen MR) is 120 cm³/mol. The summed E-state index contributed by atoms with van der Waals surface area (Å²) in [5.41, 5.74) is 2.30. The van der Waals surface area contributed by atoms with Crippen LogP contribution in [0.4, 0.5) is 0 Å². The van der Waals surface area contributed by atoms with Gasteiger partial charge in [-0.1, -0.05) is 48.0 Å². The summed E-state index contributed by atoms with van der Waals surface area (Å²) in [4.78, 5) is 24.7. The second-order valence-corrected chi connectivity index (χ2v) is 7.56. The molecule has 5 nitrogen and oxygen atoms in total. The van der Waals surface area contributed by atoms with E-state index in [0.29, 0.717) is 23.7 Å². The first-order valence-electron chi connectivity index (χ1n) is 9.88. The maximum atomic E-state index is 12.5. The molecule has 0 aliphatic heterocycles. The summed E-state index contributed by atoms with van der Waals surface area (Å²) in [6.45, 7) is 1.69. The topological polar surface area (TPSA) is 56.0 Å². The molecule has 0 unspecified atom stereocenters. The van der Waals surface area contributed by atoms with E-state index in [0.717, 1.165) is 18.5 Å². The molecule has 6 heteroatoms. The van der Waals surface area contributed by atoms with Crippen LogP contribution in [0.25, 0.3) is 10.9 Å². The van der Waals surface area contributed by atoms with E-state index in [1.165, 1.54) is 21.5 Å². The number of amides is 1. The SMILES string of the molecule is O=C(NCCCn1ccc2ccccc21)c1ccc(=O)n(Cc2ccccc2Cl)c1. The van der Waals surface area contributed by atoms with Crippen molar-refractivity contribution in [2.75, 3.05) is 6.54 Å². The average molecular weight is 420 g/mol. The fraction of sp³-hybridized carbons (Fsp3) is 0.167. The van der Waals surface area contributed by atoms with Crippen LogP contribution in [0.15, 0.2) is 83.9 Å². The Balaban J connectivity index is 1.36. The number of hydrogen-bond donors (Lipinski definition) is 1. The van der Waals surface area contributed by atoms with Gasteiger partial charge in [-0.3, -0.25) is 9.59 Å². The average Bonchev–Trinajstić information content (AvgIpc) is 3.17.